The van der Waals surface area contributed by atoms with Crippen molar-refractivity contribution in [2.24, 2.45) is 0 Å². The Balaban J connectivity index is 2.81. The smallest absolute Gasteiger partial charge is 0.333 e. The number of esters is 1. The Morgan fingerprint density at radius 3 is 1.44 bits per heavy atom. The lowest BCUT2D eigenvalue weighted by Crippen LogP contribution is -2.15. The fraction of sp³-hybridized carbons (Fsp3) is 0.346. The predicted octanol–water partition coefficient (Wildman–Crippen LogP) is 6.35. The van der Waals surface area contributed by atoms with Gasteiger partial charge in [-0.15, -0.1) is 0 Å². The normalized spacial score (nSPS) is 11.9. The summed E-state index contributed by atoms with van der Waals surface area (Å²) in [5.74, 6) is 0.329. The van der Waals surface area contributed by atoms with Crippen LogP contribution in [-0.4, -0.2) is 23.6 Å². The maximum absolute atomic E-state index is 14.3. The number of aryl methyl sites for hydroxylation is 6. The zero-order chi connectivity index (χ0) is 24.4. The van der Waals surface area contributed by atoms with Gasteiger partial charge in [-0.25, -0.2) is 4.79 Å². The van der Waals surface area contributed by atoms with E-state index in [-0.39, 0.29) is 23.3 Å². The lowest BCUT2D eigenvalue weighted by Gasteiger charge is -2.19. The third-order valence-electron chi connectivity index (χ3n) is 5.36. The van der Waals surface area contributed by atoms with E-state index in [4.69, 9.17) is 4.74 Å². The largest absolute Gasteiger partial charge is 0.463 e. The average molecular weight is 455 g/mol. The SMILES string of the molecule is CCOC(=O)C(C)=CP(=O)(C(=O)c1c(C)cc(C)cc1C)C(=O)c1c(C)cc(C)cc1C. The van der Waals surface area contributed by atoms with Gasteiger partial charge in [0.1, 0.15) is 0 Å². The molecule has 0 atom stereocenters. The fourth-order valence-electron chi connectivity index (χ4n) is 4.15. The van der Waals surface area contributed by atoms with Crippen LogP contribution in [0.4, 0.5) is 0 Å². The summed E-state index contributed by atoms with van der Waals surface area (Å²) >= 11 is 0. The summed E-state index contributed by atoms with van der Waals surface area (Å²) in [5.41, 5.74) is 3.43. The average Bonchev–Trinajstić information content (AvgIpc) is 2.66. The minimum atomic E-state index is -4.36. The number of rotatable bonds is 7. The highest BCUT2D eigenvalue weighted by atomic mass is 31.2. The van der Waals surface area contributed by atoms with Gasteiger partial charge in [-0.3, -0.25) is 9.59 Å². The molecule has 0 amide bonds. The molecular weight excluding hydrogens is 423 g/mol. The highest BCUT2D eigenvalue weighted by molar-refractivity contribution is 7.97. The monoisotopic (exact) mass is 454 g/mol. The third kappa shape index (κ3) is 4.99. The molecule has 0 aliphatic carbocycles. The van der Waals surface area contributed by atoms with Gasteiger partial charge < -0.3 is 9.30 Å². The van der Waals surface area contributed by atoms with Crippen LogP contribution >= 0.6 is 7.14 Å². The van der Waals surface area contributed by atoms with Crippen molar-refractivity contribution >= 4 is 24.2 Å². The van der Waals surface area contributed by atoms with E-state index in [1.807, 2.05) is 38.1 Å². The van der Waals surface area contributed by atoms with Crippen LogP contribution in [0, 0.1) is 41.5 Å². The molecule has 2 rings (SSSR count). The van der Waals surface area contributed by atoms with Gasteiger partial charge in [-0.1, -0.05) is 35.4 Å². The molecule has 0 unspecified atom stereocenters. The number of carbonyl (C=O) groups is 3. The Morgan fingerprint density at radius 1 is 0.781 bits per heavy atom. The molecule has 0 aliphatic heterocycles. The lowest BCUT2D eigenvalue weighted by molar-refractivity contribution is -0.138. The first-order valence-corrected chi connectivity index (χ1v) is 12.3. The first-order chi connectivity index (χ1) is 14.8. The molecule has 0 aromatic heterocycles. The van der Waals surface area contributed by atoms with E-state index in [1.165, 1.54) is 6.92 Å². The van der Waals surface area contributed by atoms with Crippen molar-refractivity contribution in [1.82, 2.24) is 0 Å². The van der Waals surface area contributed by atoms with E-state index in [1.54, 1.807) is 34.6 Å². The highest BCUT2D eigenvalue weighted by Gasteiger charge is 2.42. The van der Waals surface area contributed by atoms with E-state index in [0.717, 1.165) is 16.9 Å². The molecule has 0 bridgehead atoms. The van der Waals surface area contributed by atoms with E-state index in [2.05, 4.69) is 0 Å². The van der Waals surface area contributed by atoms with Crippen molar-refractivity contribution in [3.63, 3.8) is 0 Å². The van der Waals surface area contributed by atoms with Crippen LogP contribution < -0.4 is 0 Å². The Labute approximate surface area is 190 Å². The molecule has 32 heavy (non-hydrogen) atoms. The minimum Gasteiger partial charge on any atom is -0.463 e. The summed E-state index contributed by atoms with van der Waals surface area (Å²) in [6.07, 6.45) is 0. The molecule has 5 nitrogen and oxygen atoms in total. The molecule has 170 valence electrons. The molecule has 0 N–H and O–H groups in total. The topological polar surface area (TPSA) is 77.5 Å². The maximum Gasteiger partial charge on any atom is 0.333 e. The Kier molecular flexibility index (Phi) is 7.79. The maximum atomic E-state index is 14.3. The van der Waals surface area contributed by atoms with Crippen LogP contribution in [0.15, 0.2) is 35.7 Å². The van der Waals surface area contributed by atoms with E-state index >= 15 is 0 Å². The standard InChI is InChI=1S/C26H31O5P/c1-9-31-24(27)21(8)14-32(30,25(28)22-17(4)10-15(2)11-18(22)5)26(29)23-19(6)12-16(3)13-20(23)7/h10-14H,9H2,1-8H3. The summed E-state index contributed by atoms with van der Waals surface area (Å²) in [4.78, 5) is 39.8. The molecule has 0 saturated carbocycles. The third-order valence-corrected chi connectivity index (χ3v) is 7.76. The van der Waals surface area contributed by atoms with Gasteiger partial charge in [0.15, 0.2) is 0 Å². The Morgan fingerprint density at radius 2 is 1.12 bits per heavy atom. The van der Waals surface area contributed by atoms with Gasteiger partial charge in [0.25, 0.3) is 0 Å². The van der Waals surface area contributed by atoms with Crippen molar-refractivity contribution in [2.75, 3.05) is 6.61 Å². The summed E-state index contributed by atoms with van der Waals surface area (Å²) in [5, 5.41) is 0. The van der Waals surface area contributed by atoms with Crippen molar-refractivity contribution in [2.45, 2.75) is 55.4 Å². The van der Waals surface area contributed by atoms with Gasteiger partial charge in [0.2, 0.25) is 18.2 Å². The molecule has 0 radical (unpaired) electrons. The zero-order valence-corrected chi connectivity index (χ0v) is 21.0. The van der Waals surface area contributed by atoms with Gasteiger partial charge in [-0.2, -0.15) is 0 Å². The van der Waals surface area contributed by atoms with Crippen LogP contribution in [0.3, 0.4) is 0 Å². The van der Waals surface area contributed by atoms with Crippen molar-refractivity contribution < 1.29 is 23.7 Å². The summed E-state index contributed by atoms with van der Waals surface area (Å²) in [6.45, 7) is 14.0. The van der Waals surface area contributed by atoms with E-state index in [0.29, 0.717) is 22.3 Å². The molecule has 0 fully saturated rings. The predicted molar refractivity (Wildman–Crippen MR) is 128 cm³/mol. The van der Waals surface area contributed by atoms with Crippen molar-refractivity contribution in [1.29, 1.82) is 0 Å². The van der Waals surface area contributed by atoms with Gasteiger partial charge in [-0.05, 0) is 83.5 Å². The molecule has 6 heteroatoms. The first kappa shape index (κ1) is 25.5. The number of hydrogen-bond donors (Lipinski definition) is 0. The van der Waals surface area contributed by atoms with Gasteiger partial charge in [0, 0.05) is 16.7 Å². The van der Waals surface area contributed by atoms with Gasteiger partial charge in [0.05, 0.1) is 6.61 Å². The highest BCUT2D eigenvalue weighted by Crippen LogP contribution is 2.55. The van der Waals surface area contributed by atoms with Crippen LogP contribution in [0.5, 0.6) is 0 Å². The zero-order valence-electron chi connectivity index (χ0n) is 20.1. The van der Waals surface area contributed by atoms with Crippen LogP contribution in [0.25, 0.3) is 0 Å². The molecule has 0 saturated heterocycles. The van der Waals surface area contributed by atoms with Crippen molar-refractivity contribution in [3.05, 3.63) is 80.2 Å². The molecule has 0 spiro atoms. The second kappa shape index (κ2) is 9.79. The number of benzene rings is 2. The van der Waals surface area contributed by atoms with E-state index in [9.17, 15) is 18.9 Å². The Hall–Kier alpha value is -2.78. The Bertz CT molecular complexity index is 1070. The van der Waals surface area contributed by atoms with Crippen LogP contribution in [0.2, 0.25) is 0 Å². The summed E-state index contributed by atoms with van der Waals surface area (Å²) < 4.78 is 19.3. The minimum absolute atomic E-state index is 0.0262. The van der Waals surface area contributed by atoms with Crippen LogP contribution in [0.1, 0.15) is 67.9 Å². The molecule has 0 heterocycles. The van der Waals surface area contributed by atoms with Crippen molar-refractivity contribution in [3.8, 4) is 0 Å². The number of hydrogen-bond acceptors (Lipinski definition) is 5. The second-order valence-electron chi connectivity index (χ2n) is 8.35. The summed E-state index contributed by atoms with van der Waals surface area (Å²) in [7, 11) is -4.36. The fourth-order valence-corrected chi connectivity index (χ4v) is 6.59. The molecule has 2 aromatic carbocycles. The number of ether oxygens (including phenoxy) is 1. The summed E-state index contributed by atoms with van der Waals surface area (Å²) in [6, 6.07) is 7.28. The second-order valence-corrected chi connectivity index (χ2v) is 10.7. The lowest BCUT2D eigenvalue weighted by atomic mass is 10.0. The van der Waals surface area contributed by atoms with Gasteiger partial charge >= 0.3 is 5.97 Å². The van der Waals surface area contributed by atoms with E-state index < -0.39 is 24.2 Å². The number of carbonyl (C=O) groups excluding carboxylic acids is 3. The molecule has 0 aliphatic rings. The molecular formula is C26H31O5P. The first-order valence-electron chi connectivity index (χ1n) is 10.5. The quantitative estimate of drug-likeness (QED) is 0.277. The van der Waals surface area contributed by atoms with Crippen LogP contribution in [-0.2, 0) is 14.1 Å². The molecule has 2 aromatic rings.